The molecule has 0 radical (unpaired) electrons. The van der Waals surface area contributed by atoms with E-state index in [9.17, 15) is 9.50 Å². The number of halogens is 1. The fourth-order valence-corrected chi connectivity index (χ4v) is 3.03. The predicted octanol–water partition coefficient (Wildman–Crippen LogP) is 2.27. The third kappa shape index (κ3) is 2.74. The van der Waals surface area contributed by atoms with E-state index >= 15 is 0 Å². The number of aliphatic hydroxyl groups is 1. The number of nitrogens with zero attached hydrogens (tertiary/aromatic N) is 2. The molecule has 4 heteroatoms. The van der Waals surface area contributed by atoms with E-state index in [1.165, 1.54) is 6.07 Å². The van der Waals surface area contributed by atoms with Crippen molar-refractivity contribution in [3.63, 3.8) is 0 Å². The van der Waals surface area contributed by atoms with Crippen molar-refractivity contribution in [3.8, 4) is 0 Å². The molecule has 2 unspecified atom stereocenters. The first kappa shape index (κ1) is 14.3. The normalized spacial score (nSPS) is 25.1. The molecule has 0 aliphatic carbocycles. The summed E-state index contributed by atoms with van der Waals surface area (Å²) in [7, 11) is 4.15. The molecule has 0 saturated carbocycles. The van der Waals surface area contributed by atoms with Crippen molar-refractivity contribution < 1.29 is 9.50 Å². The van der Waals surface area contributed by atoms with Gasteiger partial charge < -0.3 is 14.9 Å². The van der Waals surface area contributed by atoms with Crippen molar-refractivity contribution in [1.29, 1.82) is 0 Å². The summed E-state index contributed by atoms with van der Waals surface area (Å²) in [6, 6.07) is 5.49. The minimum Gasteiger partial charge on any atom is -0.389 e. The van der Waals surface area contributed by atoms with Gasteiger partial charge in [-0.1, -0.05) is 13.0 Å². The Morgan fingerprint density at radius 2 is 2.05 bits per heavy atom. The van der Waals surface area contributed by atoms with Gasteiger partial charge in [0, 0.05) is 30.4 Å². The maximum atomic E-state index is 13.9. The first-order chi connectivity index (χ1) is 8.91. The summed E-state index contributed by atoms with van der Waals surface area (Å²) in [6.45, 7) is 5.60. The van der Waals surface area contributed by atoms with Crippen LogP contribution in [0.2, 0.25) is 0 Å². The SMILES string of the molecule is CC1CN(c2cccc(F)c2[C@H](C)O)CC1N(C)C. The van der Waals surface area contributed by atoms with Crippen LogP contribution in [-0.2, 0) is 0 Å². The summed E-state index contributed by atoms with van der Waals surface area (Å²) in [5.74, 6) is 0.202. The number of aliphatic hydroxyl groups excluding tert-OH is 1. The van der Waals surface area contributed by atoms with Gasteiger partial charge in [0.2, 0.25) is 0 Å². The van der Waals surface area contributed by atoms with Crippen LogP contribution in [0.5, 0.6) is 0 Å². The van der Waals surface area contributed by atoms with Gasteiger partial charge in [0.1, 0.15) is 5.82 Å². The van der Waals surface area contributed by atoms with Crippen molar-refractivity contribution in [1.82, 2.24) is 4.90 Å². The van der Waals surface area contributed by atoms with Crippen LogP contribution in [0.1, 0.15) is 25.5 Å². The molecule has 1 aliphatic rings. The van der Waals surface area contributed by atoms with Gasteiger partial charge in [0.25, 0.3) is 0 Å². The average Bonchev–Trinajstić information content (AvgIpc) is 2.70. The standard InChI is InChI=1S/C15H23FN2O/c1-10-8-18(9-14(10)17(3)4)13-7-5-6-12(16)15(13)11(2)19/h5-7,10-11,14,19H,8-9H2,1-4H3/t10?,11-,14?/m0/s1. The second-order valence-corrected chi connectivity index (χ2v) is 5.76. The highest BCUT2D eigenvalue weighted by Crippen LogP contribution is 2.33. The Kier molecular flexibility index (Phi) is 4.11. The molecule has 1 fully saturated rings. The van der Waals surface area contributed by atoms with Crippen LogP contribution >= 0.6 is 0 Å². The summed E-state index contributed by atoms with van der Waals surface area (Å²) in [5, 5.41) is 9.81. The van der Waals surface area contributed by atoms with E-state index in [-0.39, 0.29) is 5.82 Å². The third-order valence-electron chi connectivity index (χ3n) is 4.02. The van der Waals surface area contributed by atoms with Gasteiger partial charge >= 0.3 is 0 Å². The van der Waals surface area contributed by atoms with Gasteiger partial charge in [-0.2, -0.15) is 0 Å². The van der Waals surface area contributed by atoms with Crippen LogP contribution in [0.4, 0.5) is 10.1 Å². The maximum absolute atomic E-state index is 13.9. The zero-order valence-corrected chi connectivity index (χ0v) is 12.1. The Labute approximate surface area is 114 Å². The number of hydrogen-bond donors (Lipinski definition) is 1. The van der Waals surface area contributed by atoms with Crippen LogP contribution in [0.25, 0.3) is 0 Å². The Morgan fingerprint density at radius 3 is 2.58 bits per heavy atom. The first-order valence-electron chi connectivity index (χ1n) is 6.79. The van der Waals surface area contributed by atoms with Gasteiger partial charge in [-0.3, -0.25) is 0 Å². The Bertz CT molecular complexity index is 448. The summed E-state index contributed by atoms with van der Waals surface area (Å²) in [5.41, 5.74) is 1.24. The molecule has 106 valence electrons. The second-order valence-electron chi connectivity index (χ2n) is 5.76. The lowest BCUT2D eigenvalue weighted by Crippen LogP contribution is -2.34. The zero-order valence-electron chi connectivity index (χ0n) is 12.1. The minimum atomic E-state index is -0.787. The molecule has 3 nitrogen and oxygen atoms in total. The topological polar surface area (TPSA) is 26.7 Å². The number of likely N-dealkylation sites (N-methyl/N-ethyl adjacent to an activating group) is 1. The number of benzene rings is 1. The summed E-state index contributed by atoms with van der Waals surface area (Å²) < 4.78 is 13.9. The summed E-state index contributed by atoms with van der Waals surface area (Å²) >= 11 is 0. The molecule has 1 N–H and O–H groups in total. The molecular weight excluding hydrogens is 243 g/mol. The van der Waals surface area contributed by atoms with Crippen molar-refractivity contribution in [3.05, 3.63) is 29.6 Å². The minimum absolute atomic E-state index is 0.326. The molecule has 0 aromatic heterocycles. The molecule has 1 heterocycles. The van der Waals surface area contributed by atoms with E-state index in [2.05, 4.69) is 30.8 Å². The molecule has 2 rings (SSSR count). The number of hydrogen-bond acceptors (Lipinski definition) is 3. The van der Waals surface area contributed by atoms with Crippen LogP contribution in [0, 0.1) is 11.7 Å². The van der Waals surface area contributed by atoms with E-state index in [0.717, 1.165) is 18.8 Å². The highest BCUT2D eigenvalue weighted by Gasteiger charge is 2.32. The van der Waals surface area contributed by atoms with Gasteiger partial charge in [0.05, 0.1) is 6.10 Å². The molecule has 19 heavy (non-hydrogen) atoms. The second kappa shape index (κ2) is 5.47. The Morgan fingerprint density at radius 1 is 1.37 bits per heavy atom. The molecule has 1 aliphatic heterocycles. The molecule has 1 saturated heterocycles. The number of rotatable bonds is 3. The van der Waals surface area contributed by atoms with Gasteiger partial charge in [-0.25, -0.2) is 4.39 Å². The van der Waals surface area contributed by atoms with Gasteiger partial charge in [-0.05, 0) is 39.1 Å². The fourth-order valence-electron chi connectivity index (χ4n) is 3.03. The zero-order chi connectivity index (χ0) is 14.2. The van der Waals surface area contributed by atoms with Crippen molar-refractivity contribution in [2.75, 3.05) is 32.1 Å². The fraction of sp³-hybridized carbons (Fsp3) is 0.600. The summed E-state index contributed by atoms with van der Waals surface area (Å²) in [4.78, 5) is 4.40. The van der Waals surface area contributed by atoms with Crippen LogP contribution in [0.15, 0.2) is 18.2 Å². The smallest absolute Gasteiger partial charge is 0.131 e. The number of anilines is 1. The Hall–Kier alpha value is -1.13. The van der Waals surface area contributed by atoms with Crippen LogP contribution in [-0.4, -0.2) is 43.2 Å². The predicted molar refractivity (Wildman–Crippen MR) is 75.9 cm³/mol. The van der Waals surface area contributed by atoms with E-state index in [1.54, 1.807) is 13.0 Å². The highest BCUT2D eigenvalue weighted by atomic mass is 19.1. The average molecular weight is 266 g/mol. The third-order valence-corrected chi connectivity index (χ3v) is 4.02. The van der Waals surface area contributed by atoms with Crippen molar-refractivity contribution in [2.24, 2.45) is 5.92 Å². The van der Waals surface area contributed by atoms with E-state index in [0.29, 0.717) is 17.5 Å². The van der Waals surface area contributed by atoms with E-state index < -0.39 is 6.10 Å². The Balaban J connectivity index is 2.31. The highest BCUT2D eigenvalue weighted by molar-refractivity contribution is 5.56. The van der Waals surface area contributed by atoms with E-state index in [1.807, 2.05) is 6.07 Å². The lowest BCUT2D eigenvalue weighted by atomic mass is 10.1. The molecule has 0 amide bonds. The maximum Gasteiger partial charge on any atom is 0.131 e. The summed E-state index contributed by atoms with van der Waals surface area (Å²) in [6.07, 6.45) is -0.787. The van der Waals surface area contributed by atoms with Crippen LogP contribution < -0.4 is 4.90 Å². The van der Waals surface area contributed by atoms with Crippen molar-refractivity contribution >= 4 is 5.69 Å². The van der Waals surface area contributed by atoms with Gasteiger partial charge in [0.15, 0.2) is 0 Å². The molecule has 3 atom stereocenters. The lowest BCUT2D eigenvalue weighted by Gasteiger charge is -2.25. The van der Waals surface area contributed by atoms with Crippen LogP contribution in [0.3, 0.4) is 0 Å². The lowest BCUT2D eigenvalue weighted by molar-refractivity contribution is 0.194. The quantitative estimate of drug-likeness (QED) is 0.909. The van der Waals surface area contributed by atoms with E-state index in [4.69, 9.17) is 0 Å². The molecule has 0 spiro atoms. The van der Waals surface area contributed by atoms with Gasteiger partial charge in [-0.15, -0.1) is 0 Å². The monoisotopic (exact) mass is 266 g/mol. The molecule has 1 aromatic rings. The molecular formula is C15H23FN2O. The molecule has 1 aromatic carbocycles. The molecule has 0 bridgehead atoms. The first-order valence-corrected chi connectivity index (χ1v) is 6.79. The largest absolute Gasteiger partial charge is 0.389 e. The van der Waals surface area contributed by atoms with Crippen molar-refractivity contribution in [2.45, 2.75) is 26.0 Å².